The number of likely N-dealkylation sites (tertiary alicyclic amines) is 1. The smallest absolute Gasteiger partial charge is 0.295 e. The van der Waals surface area contributed by atoms with Gasteiger partial charge in [0.25, 0.3) is 11.7 Å². The third kappa shape index (κ3) is 4.41. The Morgan fingerprint density at radius 3 is 2.53 bits per heavy atom. The number of nitrogens with zero attached hydrogens (tertiary/aromatic N) is 2. The van der Waals surface area contributed by atoms with Gasteiger partial charge in [0.1, 0.15) is 18.1 Å². The molecule has 0 spiro atoms. The number of Topliss-reactive ketones (excluding diaryl/α,β-unsaturated/α-hetero) is 1. The SMILES string of the molecule is C=CCOc1ccc(C(O)=C2C(=O)C(=O)N(CCCOC)C2c2ccncc2)cc1. The summed E-state index contributed by atoms with van der Waals surface area (Å²) in [5, 5.41) is 11.0. The lowest BCUT2D eigenvalue weighted by molar-refractivity contribution is -0.140. The molecule has 1 aliphatic heterocycles. The lowest BCUT2D eigenvalue weighted by Crippen LogP contribution is -2.31. The summed E-state index contributed by atoms with van der Waals surface area (Å²) in [7, 11) is 1.58. The Morgan fingerprint density at radius 1 is 1.20 bits per heavy atom. The van der Waals surface area contributed by atoms with Crippen LogP contribution in [0.15, 0.2) is 67.0 Å². The third-order valence-corrected chi connectivity index (χ3v) is 4.80. The number of ether oxygens (including phenoxy) is 2. The van der Waals surface area contributed by atoms with Crippen LogP contribution in [-0.4, -0.2) is 53.5 Å². The second-order valence-corrected chi connectivity index (χ2v) is 6.74. The average Bonchev–Trinajstić information content (AvgIpc) is 3.03. The first-order chi connectivity index (χ1) is 14.6. The molecule has 1 aliphatic rings. The highest BCUT2D eigenvalue weighted by Gasteiger charge is 2.45. The van der Waals surface area contributed by atoms with Crippen LogP contribution in [0.4, 0.5) is 0 Å². The fraction of sp³-hybridized carbons (Fsp3) is 0.261. The molecule has 1 N–H and O–H groups in total. The Kier molecular flexibility index (Phi) is 6.98. The molecule has 3 rings (SSSR count). The number of carbonyl (C=O) groups is 2. The molecule has 7 heteroatoms. The number of aromatic nitrogens is 1. The first-order valence-electron chi connectivity index (χ1n) is 9.60. The largest absolute Gasteiger partial charge is 0.507 e. The summed E-state index contributed by atoms with van der Waals surface area (Å²) in [5.74, 6) is -0.962. The molecule has 156 valence electrons. The van der Waals surface area contributed by atoms with Gasteiger partial charge in [0.05, 0.1) is 11.6 Å². The minimum Gasteiger partial charge on any atom is -0.507 e. The van der Waals surface area contributed by atoms with Crippen LogP contribution in [0.3, 0.4) is 0 Å². The summed E-state index contributed by atoms with van der Waals surface area (Å²) in [5.41, 5.74) is 1.19. The molecule has 0 bridgehead atoms. The van der Waals surface area contributed by atoms with Crippen LogP contribution in [0.1, 0.15) is 23.6 Å². The number of hydrogen-bond acceptors (Lipinski definition) is 6. The second kappa shape index (κ2) is 9.84. The zero-order chi connectivity index (χ0) is 21.5. The maximum atomic E-state index is 12.9. The number of benzene rings is 1. The minimum atomic E-state index is -0.710. The van der Waals surface area contributed by atoms with E-state index in [0.717, 1.165) is 0 Å². The number of aliphatic hydroxyl groups is 1. The molecule has 0 saturated carbocycles. The van der Waals surface area contributed by atoms with Crippen LogP contribution in [0, 0.1) is 0 Å². The van der Waals surface area contributed by atoms with Gasteiger partial charge in [-0.05, 0) is 48.4 Å². The lowest BCUT2D eigenvalue weighted by Gasteiger charge is -2.25. The maximum Gasteiger partial charge on any atom is 0.295 e. The molecule has 7 nitrogen and oxygen atoms in total. The van der Waals surface area contributed by atoms with Crippen molar-refractivity contribution in [3.63, 3.8) is 0 Å². The standard InChI is InChI=1S/C23H24N2O5/c1-3-14-30-18-7-5-17(6-8-18)21(26)19-20(16-9-11-24-12-10-16)25(13-4-15-29-2)23(28)22(19)27/h3,5-12,20,26H,1,4,13-15H2,2H3. The Hall–Kier alpha value is -3.45. The van der Waals surface area contributed by atoms with E-state index in [9.17, 15) is 14.7 Å². The first kappa shape index (κ1) is 21.3. The van der Waals surface area contributed by atoms with E-state index in [2.05, 4.69) is 11.6 Å². The predicted molar refractivity (Wildman–Crippen MR) is 112 cm³/mol. The number of amides is 1. The van der Waals surface area contributed by atoms with Crippen LogP contribution in [0.2, 0.25) is 0 Å². The van der Waals surface area contributed by atoms with Crippen molar-refractivity contribution in [2.45, 2.75) is 12.5 Å². The molecule has 1 aromatic heterocycles. The Labute approximate surface area is 175 Å². The van der Waals surface area contributed by atoms with E-state index in [0.29, 0.717) is 43.1 Å². The molecule has 1 unspecified atom stereocenters. The number of carbonyl (C=O) groups excluding carboxylic acids is 2. The maximum absolute atomic E-state index is 12.9. The van der Waals surface area contributed by atoms with Crippen molar-refractivity contribution in [3.05, 3.63) is 78.1 Å². The van der Waals surface area contributed by atoms with Crippen molar-refractivity contribution in [1.82, 2.24) is 9.88 Å². The molecule has 1 aromatic carbocycles. The zero-order valence-electron chi connectivity index (χ0n) is 16.8. The summed E-state index contributed by atoms with van der Waals surface area (Å²) in [6.45, 7) is 4.75. The first-order valence-corrected chi connectivity index (χ1v) is 9.60. The van der Waals surface area contributed by atoms with Gasteiger partial charge in [0.15, 0.2) is 0 Å². The van der Waals surface area contributed by atoms with E-state index in [1.807, 2.05) is 0 Å². The molecule has 1 fully saturated rings. The van der Waals surface area contributed by atoms with Gasteiger partial charge in [-0.15, -0.1) is 0 Å². The van der Waals surface area contributed by atoms with Gasteiger partial charge in [-0.3, -0.25) is 14.6 Å². The van der Waals surface area contributed by atoms with Gasteiger partial charge in [-0.2, -0.15) is 0 Å². The van der Waals surface area contributed by atoms with Crippen molar-refractivity contribution in [3.8, 4) is 5.75 Å². The summed E-state index contributed by atoms with van der Waals surface area (Å²) in [4.78, 5) is 31.1. The van der Waals surface area contributed by atoms with Gasteiger partial charge < -0.3 is 19.5 Å². The molecule has 2 heterocycles. The fourth-order valence-electron chi connectivity index (χ4n) is 3.40. The van der Waals surface area contributed by atoms with Crippen molar-refractivity contribution in [2.75, 3.05) is 26.9 Å². The van der Waals surface area contributed by atoms with Gasteiger partial charge >= 0.3 is 0 Å². The van der Waals surface area contributed by atoms with Crippen LogP contribution in [-0.2, 0) is 14.3 Å². The van der Waals surface area contributed by atoms with Crippen LogP contribution < -0.4 is 4.74 Å². The van der Waals surface area contributed by atoms with Crippen molar-refractivity contribution in [1.29, 1.82) is 0 Å². The molecule has 1 atom stereocenters. The highest BCUT2D eigenvalue weighted by atomic mass is 16.5. The summed E-state index contributed by atoms with van der Waals surface area (Å²) >= 11 is 0. The van der Waals surface area contributed by atoms with E-state index in [4.69, 9.17) is 9.47 Å². The van der Waals surface area contributed by atoms with Crippen molar-refractivity contribution in [2.24, 2.45) is 0 Å². The van der Waals surface area contributed by atoms with Gasteiger partial charge in [-0.1, -0.05) is 12.7 Å². The average molecular weight is 408 g/mol. The minimum absolute atomic E-state index is 0.0587. The van der Waals surface area contributed by atoms with Crippen LogP contribution >= 0.6 is 0 Å². The summed E-state index contributed by atoms with van der Waals surface area (Å²) < 4.78 is 10.5. The highest BCUT2D eigenvalue weighted by Crippen LogP contribution is 2.39. The predicted octanol–water partition coefficient (Wildman–Crippen LogP) is 3.10. The van der Waals surface area contributed by atoms with E-state index >= 15 is 0 Å². The van der Waals surface area contributed by atoms with Crippen molar-refractivity contribution < 1.29 is 24.2 Å². The second-order valence-electron chi connectivity index (χ2n) is 6.74. The summed E-state index contributed by atoms with van der Waals surface area (Å²) in [6.07, 6.45) is 5.39. The van der Waals surface area contributed by atoms with E-state index in [-0.39, 0.29) is 11.3 Å². The number of ketones is 1. The third-order valence-electron chi connectivity index (χ3n) is 4.80. The Morgan fingerprint density at radius 2 is 1.90 bits per heavy atom. The van der Waals surface area contributed by atoms with Crippen LogP contribution in [0.25, 0.3) is 5.76 Å². The monoisotopic (exact) mass is 408 g/mol. The van der Waals surface area contributed by atoms with Gasteiger partial charge in [-0.25, -0.2) is 0 Å². The van der Waals surface area contributed by atoms with Crippen molar-refractivity contribution >= 4 is 17.4 Å². The molecule has 2 aromatic rings. The molecular weight excluding hydrogens is 384 g/mol. The topological polar surface area (TPSA) is 89.0 Å². The highest BCUT2D eigenvalue weighted by molar-refractivity contribution is 6.46. The lowest BCUT2D eigenvalue weighted by atomic mass is 9.96. The number of pyridine rings is 1. The molecule has 0 radical (unpaired) electrons. The molecule has 1 saturated heterocycles. The summed E-state index contributed by atoms with van der Waals surface area (Å²) in [6, 6.07) is 9.45. The Bertz CT molecular complexity index is 938. The molecule has 30 heavy (non-hydrogen) atoms. The fourth-order valence-corrected chi connectivity index (χ4v) is 3.40. The molecule has 1 amide bonds. The quantitative estimate of drug-likeness (QED) is 0.225. The van der Waals surface area contributed by atoms with E-state index in [1.165, 1.54) is 4.90 Å². The molecule has 0 aliphatic carbocycles. The Balaban J connectivity index is 2.01. The van der Waals surface area contributed by atoms with Crippen LogP contribution in [0.5, 0.6) is 5.75 Å². The number of hydrogen-bond donors (Lipinski definition) is 1. The molecular formula is C23H24N2O5. The number of methoxy groups -OCH3 is 1. The number of rotatable bonds is 9. The van der Waals surface area contributed by atoms with Gasteiger partial charge in [0, 0.05) is 38.2 Å². The number of aliphatic hydroxyl groups excluding tert-OH is 1. The zero-order valence-corrected chi connectivity index (χ0v) is 16.8. The van der Waals surface area contributed by atoms with E-state index in [1.54, 1.807) is 62.0 Å². The van der Waals surface area contributed by atoms with E-state index < -0.39 is 17.7 Å². The van der Waals surface area contributed by atoms with Gasteiger partial charge in [0.2, 0.25) is 0 Å². The normalized spacial score (nSPS) is 17.9.